The van der Waals surface area contributed by atoms with Crippen LogP contribution in [-0.2, 0) is 0 Å². The molecule has 0 spiro atoms. The van der Waals surface area contributed by atoms with Gasteiger partial charge in [0, 0.05) is 31.0 Å². The first-order valence-corrected chi connectivity index (χ1v) is 10.8. The molecule has 1 aliphatic carbocycles. The lowest BCUT2D eigenvalue weighted by molar-refractivity contribution is 1.13. The highest BCUT2D eigenvalue weighted by Crippen LogP contribution is 2.55. The van der Waals surface area contributed by atoms with Crippen molar-refractivity contribution < 1.29 is 0 Å². The minimum Gasteiger partial charge on any atom is -0.192 e. The van der Waals surface area contributed by atoms with Crippen molar-refractivity contribution in [1.82, 2.24) is 0 Å². The number of thiophene rings is 1. The summed E-state index contributed by atoms with van der Waals surface area (Å²) >= 11 is 4.98. The molecule has 4 rings (SSSR count). The fourth-order valence-corrected chi connectivity index (χ4v) is 6.90. The molecule has 0 amide bonds. The van der Waals surface area contributed by atoms with Crippen LogP contribution in [0.4, 0.5) is 0 Å². The predicted molar refractivity (Wildman–Crippen MR) is 115 cm³/mol. The summed E-state index contributed by atoms with van der Waals surface area (Å²) in [7, 11) is 0. The van der Waals surface area contributed by atoms with E-state index in [2.05, 4.69) is 24.3 Å². The molecule has 6 heteroatoms. The molecule has 0 fully saturated rings. The topological polar surface area (TPSA) is 71.4 Å². The molecule has 0 unspecified atom stereocenters. The van der Waals surface area contributed by atoms with Crippen molar-refractivity contribution in [3.05, 3.63) is 80.3 Å². The molecule has 0 bridgehead atoms. The Morgan fingerprint density at radius 2 is 1.39 bits per heavy atom. The van der Waals surface area contributed by atoms with E-state index in [9.17, 15) is 5.26 Å². The molecule has 0 radical (unpaired) electrons. The van der Waals surface area contributed by atoms with E-state index >= 15 is 0 Å². The van der Waals surface area contributed by atoms with Crippen molar-refractivity contribution in [2.24, 2.45) is 5.92 Å². The van der Waals surface area contributed by atoms with E-state index in [1.54, 1.807) is 23.5 Å². The summed E-state index contributed by atoms with van der Waals surface area (Å²) in [4.78, 5) is 4.18. The zero-order valence-electron chi connectivity index (χ0n) is 14.4. The fraction of sp³-hybridized carbons (Fsp3) is 0.0455. The van der Waals surface area contributed by atoms with Gasteiger partial charge in [-0.3, -0.25) is 0 Å². The van der Waals surface area contributed by atoms with Gasteiger partial charge >= 0.3 is 0 Å². The predicted octanol–water partition coefficient (Wildman–Crippen LogP) is 6.38. The van der Waals surface area contributed by atoms with Gasteiger partial charge in [0.15, 0.2) is 0 Å². The van der Waals surface area contributed by atoms with Crippen LogP contribution in [0.1, 0.15) is 9.75 Å². The maximum absolute atomic E-state index is 9.46. The van der Waals surface area contributed by atoms with Crippen LogP contribution in [0, 0.1) is 39.9 Å². The van der Waals surface area contributed by atoms with E-state index in [0.29, 0.717) is 4.88 Å². The standard InChI is InChI=1S/C22H11N3S3/c23-11-15(12-24)16(13-25)17-9-10-20(26-17)21(14-5-1-2-6-14)22-27-18-7-3-4-8-19(18)28-22/h1-10,14H. The normalized spacial score (nSPS) is 14.2. The second-order valence-corrected chi connectivity index (χ2v) is 9.34. The zero-order chi connectivity index (χ0) is 19.5. The Morgan fingerprint density at radius 1 is 0.786 bits per heavy atom. The molecule has 0 atom stereocenters. The van der Waals surface area contributed by atoms with Crippen LogP contribution >= 0.6 is 34.9 Å². The fourth-order valence-electron chi connectivity index (χ4n) is 2.96. The first-order chi connectivity index (χ1) is 13.7. The van der Waals surface area contributed by atoms with E-state index in [0.717, 1.165) is 4.88 Å². The van der Waals surface area contributed by atoms with Crippen LogP contribution in [0.5, 0.6) is 0 Å². The first kappa shape index (κ1) is 18.4. The van der Waals surface area contributed by atoms with Gasteiger partial charge in [-0.1, -0.05) is 60.0 Å². The first-order valence-electron chi connectivity index (χ1n) is 8.34. The molecule has 0 saturated heterocycles. The third kappa shape index (κ3) is 3.33. The van der Waals surface area contributed by atoms with Gasteiger partial charge in [0.05, 0.1) is 9.81 Å². The molecule has 28 heavy (non-hydrogen) atoms. The average Bonchev–Trinajstić information content (AvgIpc) is 3.47. The SMILES string of the molecule is N#CC(C#N)=C(C#N)c1ccc(C(=C2Sc3ccccc3S2)C2C=CC=C2)s1. The molecule has 2 heterocycles. The van der Waals surface area contributed by atoms with Gasteiger partial charge in [0.2, 0.25) is 0 Å². The monoisotopic (exact) mass is 413 g/mol. The minimum atomic E-state index is -0.150. The molecule has 2 aromatic rings. The molecular formula is C22H11N3S3. The van der Waals surface area contributed by atoms with Crippen molar-refractivity contribution in [2.45, 2.75) is 9.79 Å². The van der Waals surface area contributed by atoms with Gasteiger partial charge in [0.1, 0.15) is 23.8 Å². The van der Waals surface area contributed by atoms with Crippen LogP contribution in [-0.4, -0.2) is 0 Å². The smallest absolute Gasteiger partial charge is 0.148 e. The third-order valence-electron chi connectivity index (χ3n) is 4.26. The highest BCUT2D eigenvalue weighted by molar-refractivity contribution is 8.25. The van der Waals surface area contributed by atoms with Crippen molar-refractivity contribution in [1.29, 1.82) is 15.8 Å². The van der Waals surface area contributed by atoms with E-state index in [-0.39, 0.29) is 17.1 Å². The maximum atomic E-state index is 9.46. The van der Waals surface area contributed by atoms with Gasteiger partial charge < -0.3 is 0 Å². The van der Waals surface area contributed by atoms with Crippen LogP contribution in [0.2, 0.25) is 0 Å². The van der Waals surface area contributed by atoms with Crippen LogP contribution < -0.4 is 0 Å². The zero-order valence-corrected chi connectivity index (χ0v) is 16.9. The number of hydrogen-bond donors (Lipinski definition) is 0. The number of allylic oxidation sites excluding steroid dienone is 7. The Hall–Kier alpha value is -2.95. The Bertz CT molecular complexity index is 1150. The average molecular weight is 414 g/mol. The lowest BCUT2D eigenvalue weighted by atomic mass is 10.0. The number of benzene rings is 1. The largest absolute Gasteiger partial charge is 0.192 e. The molecule has 0 N–H and O–H groups in total. The van der Waals surface area contributed by atoms with Crippen molar-refractivity contribution in [3.63, 3.8) is 0 Å². The summed E-state index contributed by atoms with van der Waals surface area (Å²) in [5.74, 6) is 0.164. The summed E-state index contributed by atoms with van der Waals surface area (Å²) in [5.41, 5.74) is 1.18. The van der Waals surface area contributed by atoms with Crippen molar-refractivity contribution in [2.75, 3.05) is 0 Å². The highest BCUT2D eigenvalue weighted by Gasteiger charge is 2.26. The van der Waals surface area contributed by atoms with Crippen LogP contribution in [0.3, 0.4) is 0 Å². The summed E-state index contributed by atoms with van der Waals surface area (Å²) < 4.78 is 1.22. The van der Waals surface area contributed by atoms with E-state index in [1.165, 1.54) is 30.9 Å². The van der Waals surface area contributed by atoms with E-state index < -0.39 is 0 Å². The molecule has 132 valence electrons. The molecule has 1 aromatic carbocycles. The van der Waals surface area contributed by atoms with Crippen molar-refractivity contribution >= 4 is 46.0 Å². The van der Waals surface area contributed by atoms with E-state index in [1.807, 2.05) is 54.6 Å². The second kappa shape index (κ2) is 7.97. The lowest BCUT2D eigenvalue weighted by Gasteiger charge is -2.13. The second-order valence-electron chi connectivity index (χ2n) is 5.90. The molecule has 3 nitrogen and oxygen atoms in total. The van der Waals surface area contributed by atoms with Gasteiger partial charge in [0.25, 0.3) is 0 Å². The Labute approximate surface area is 175 Å². The number of rotatable bonds is 3. The van der Waals surface area contributed by atoms with Crippen LogP contribution in [0.15, 0.2) is 80.3 Å². The maximum Gasteiger partial charge on any atom is 0.148 e. The Kier molecular flexibility index (Phi) is 5.24. The number of hydrogen-bond acceptors (Lipinski definition) is 6. The Balaban J connectivity index is 1.81. The summed E-state index contributed by atoms with van der Waals surface area (Å²) in [5, 5.41) is 27.7. The summed E-state index contributed by atoms with van der Waals surface area (Å²) in [6, 6.07) is 17.8. The third-order valence-corrected chi connectivity index (χ3v) is 7.99. The quantitative estimate of drug-likeness (QED) is 0.546. The lowest BCUT2D eigenvalue weighted by Crippen LogP contribution is -1.95. The molecular weight excluding hydrogens is 402 g/mol. The number of thioether (sulfide) groups is 2. The molecule has 1 aliphatic heterocycles. The van der Waals surface area contributed by atoms with Crippen molar-refractivity contribution in [3.8, 4) is 18.2 Å². The van der Waals surface area contributed by atoms with Gasteiger partial charge in [-0.05, 0) is 24.3 Å². The number of nitriles is 3. The minimum absolute atomic E-state index is 0.137. The summed E-state index contributed by atoms with van der Waals surface area (Å²) in [6.07, 6.45) is 8.40. The number of fused-ring (bicyclic) bond motifs is 1. The molecule has 0 saturated carbocycles. The molecule has 2 aliphatic rings. The highest BCUT2D eigenvalue weighted by atomic mass is 32.2. The van der Waals surface area contributed by atoms with Crippen LogP contribution in [0.25, 0.3) is 11.1 Å². The Morgan fingerprint density at radius 3 is 1.96 bits per heavy atom. The van der Waals surface area contributed by atoms with Gasteiger partial charge in [-0.25, -0.2) is 0 Å². The summed E-state index contributed by atoms with van der Waals surface area (Å²) in [6.45, 7) is 0. The number of nitrogens with zero attached hydrogens (tertiary/aromatic N) is 3. The molecule has 1 aromatic heterocycles. The van der Waals surface area contributed by atoms with Gasteiger partial charge in [-0.2, -0.15) is 15.8 Å². The van der Waals surface area contributed by atoms with E-state index in [4.69, 9.17) is 10.5 Å². The van der Waals surface area contributed by atoms with Gasteiger partial charge in [-0.15, -0.1) is 11.3 Å².